The Kier molecular flexibility index (Phi) is 3.25. The van der Waals surface area contributed by atoms with Gasteiger partial charge in [-0.3, -0.25) is 0 Å². The second-order valence-corrected chi connectivity index (χ2v) is 4.52. The summed E-state index contributed by atoms with van der Waals surface area (Å²) in [5, 5.41) is 0. The second-order valence-electron chi connectivity index (χ2n) is 4.52. The van der Waals surface area contributed by atoms with Gasteiger partial charge in [-0.15, -0.1) is 0 Å². The van der Waals surface area contributed by atoms with E-state index >= 15 is 0 Å². The molecule has 5 heteroatoms. The van der Waals surface area contributed by atoms with E-state index in [1.165, 1.54) is 18.5 Å². The first-order valence-electron chi connectivity index (χ1n) is 6.20. The van der Waals surface area contributed by atoms with Crippen molar-refractivity contribution in [2.45, 2.75) is 6.18 Å². The maximum absolute atomic E-state index is 12.5. The first kappa shape index (κ1) is 13.4. The van der Waals surface area contributed by atoms with Gasteiger partial charge in [0.05, 0.1) is 11.8 Å². The Morgan fingerprint density at radius 1 is 0.762 bits per heavy atom. The van der Waals surface area contributed by atoms with Gasteiger partial charge in [0.15, 0.2) is 12.2 Å². The van der Waals surface area contributed by atoms with Gasteiger partial charge in [0.2, 0.25) is 0 Å². The molecular formula is C16H10F3NO. The van der Waals surface area contributed by atoms with Crippen molar-refractivity contribution in [3.05, 3.63) is 66.7 Å². The van der Waals surface area contributed by atoms with Gasteiger partial charge in [-0.2, -0.15) is 13.2 Å². The molecule has 2 aromatic carbocycles. The van der Waals surface area contributed by atoms with E-state index in [-0.39, 0.29) is 0 Å². The molecule has 0 saturated carbocycles. The highest BCUT2D eigenvalue weighted by atomic mass is 19.4. The van der Waals surface area contributed by atoms with Crippen molar-refractivity contribution >= 4 is 0 Å². The highest BCUT2D eigenvalue weighted by Crippen LogP contribution is 2.31. The standard InChI is InChI=1S/C16H10F3NO/c17-16(18,19)14-7-5-12(6-8-14)11-1-3-13(4-2-11)15-9-20-10-21-15/h1-10H. The zero-order chi connectivity index (χ0) is 14.9. The van der Waals surface area contributed by atoms with Crippen LogP contribution < -0.4 is 0 Å². The Morgan fingerprint density at radius 3 is 1.76 bits per heavy atom. The van der Waals surface area contributed by atoms with Crippen LogP contribution in [0.25, 0.3) is 22.5 Å². The maximum Gasteiger partial charge on any atom is 0.416 e. The van der Waals surface area contributed by atoms with Gasteiger partial charge >= 0.3 is 6.18 Å². The van der Waals surface area contributed by atoms with Crippen molar-refractivity contribution in [2.24, 2.45) is 0 Å². The van der Waals surface area contributed by atoms with Crippen molar-refractivity contribution in [3.63, 3.8) is 0 Å². The normalized spacial score (nSPS) is 11.6. The molecule has 3 aromatic rings. The molecule has 1 aromatic heterocycles. The minimum Gasteiger partial charge on any atom is -0.444 e. The van der Waals surface area contributed by atoms with E-state index in [1.54, 1.807) is 6.20 Å². The van der Waals surface area contributed by atoms with Crippen LogP contribution in [-0.2, 0) is 6.18 Å². The molecule has 0 radical (unpaired) electrons. The van der Waals surface area contributed by atoms with Gasteiger partial charge in [0.1, 0.15) is 0 Å². The largest absolute Gasteiger partial charge is 0.444 e. The number of aromatic nitrogens is 1. The van der Waals surface area contributed by atoms with Crippen LogP contribution in [0.3, 0.4) is 0 Å². The number of nitrogens with zero attached hydrogens (tertiary/aromatic N) is 1. The lowest BCUT2D eigenvalue weighted by Crippen LogP contribution is -2.03. The lowest BCUT2D eigenvalue weighted by Gasteiger charge is -2.08. The van der Waals surface area contributed by atoms with Crippen molar-refractivity contribution in [1.82, 2.24) is 4.98 Å². The molecule has 0 aliphatic carbocycles. The summed E-state index contributed by atoms with van der Waals surface area (Å²) in [5.41, 5.74) is 1.78. The zero-order valence-electron chi connectivity index (χ0n) is 10.8. The van der Waals surface area contributed by atoms with Crippen LogP contribution in [0.1, 0.15) is 5.56 Å². The molecule has 3 rings (SSSR count). The number of halogens is 3. The van der Waals surface area contributed by atoms with E-state index < -0.39 is 11.7 Å². The van der Waals surface area contributed by atoms with E-state index in [0.29, 0.717) is 5.76 Å². The summed E-state index contributed by atoms with van der Waals surface area (Å²) in [4.78, 5) is 3.84. The smallest absolute Gasteiger partial charge is 0.416 e. The third-order valence-electron chi connectivity index (χ3n) is 3.15. The summed E-state index contributed by atoms with van der Waals surface area (Å²) in [6, 6.07) is 12.4. The Bertz CT molecular complexity index is 714. The van der Waals surface area contributed by atoms with Gasteiger partial charge in [-0.05, 0) is 23.3 Å². The number of oxazole rings is 1. The SMILES string of the molecule is FC(F)(F)c1ccc(-c2ccc(-c3cnco3)cc2)cc1. The minimum atomic E-state index is -4.31. The fraction of sp³-hybridized carbons (Fsp3) is 0.0625. The van der Waals surface area contributed by atoms with Gasteiger partial charge in [-0.25, -0.2) is 4.98 Å². The van der Waals surface area contributed by atoms with Crippen LogP contribution in [-0.4, -0.2) is 4.98 Å². The van der Waals surface area contributed by atoms with Crippen molar-refractivity contribution in [1.29, 1.82) is 0 Å². The summed E-state index contributed by atoms with van der Waals surface area (Å²) in [6.07, 6.45) is -1.36. The van der Waals surface area contributed by atoms with Crippen molar-refractivity contribution in [2.75, 3.05) is 0 Å². The molecule has 0 bridgehead atoms. The van der Waals surface area contributed by atoms with Crippen LogP contribution in [0.5, 0.6) is 0 Å². The van der Waals surface area contributed by atoms with Gasteiger partial charge in [-0.1, -0.05) is 36.4 Å². The van der Waals surface area contributed by atoms with Gasteiger partial charge in [0, 0.05) is 5.56 Å². The predicted molar refractivity (Wildman–Crippen MR) is 72.4 cm³/mol. The van der Waals surface area contributed by atoms with E-state index in [9.17, 15) is 13.2 Å². The molecule has 0 N–H and O–H groups in total. The zero-order valence-corrected chi connectivity index (χ0v) is 10.8. The lowest BCUT2D eigenvalue weighted by atomic mass is 10.0. The third kappa shape index (κ3) is 2.81. The number of hydrogen-bond acceptors (Lipinski definition) is 2. The summed E-state index contributed by atoms with van der Waals surface area (Å²) < 4.78 is 42.7. The Labute approximate surface area is 118 Å². The van der Waals surface area contributed by atoms with E-state index in [4.69, 9.17) is 4.42 Å². The van der Waals surface area contributed by atoms with Crippen LogP contribution in [0.2, 0.25) is 0 Å². The van der Waals surface area contributed by atoms with E-state index in [0.717, 1.165) is 28.8 Å². The molecule has 0 spiro atoms. The lowest BCUT2D eigenvalue weighted by molar-refractivity contribution is -0.137. The van der Waals surface area contributed by atoms with E-state index in [2.05, 4.69) is 4.98 Å². The maximum atomic E-state index is 12.5. The molecule has 0 aliphatic heterocycles. The molecule has 0 fully saturated rings. The van der Waals surface area contributed by atoms with Crippen LogP contribution in [0.4, 0.5) is 13.2 Å². The fourth-order valence-electron chi connectivity index (χ4n) is 2.04. The van der Waals surface area contributed by atoms with Gasteiger partial charge < -0.3 is 4.42 Å². The van der Waals surface area contributed by atoms with Crippen LogP contribution in [0, 0.1) is 0 Å². The molecule has 2 nitrogen and oxygen atoms in total. The number of rotatable bonds is 2. The molecule has 0 atom stereocenters. The monoisotopic (exact) mass is 289 g/mol. The molecule has 21 heavy (non-hydrogen) atoms. The Morgan fingerprint density at radius 2 is 1.29 bits per heavy atom. The van der Waals surface area contributed by atoms with E-state index in [1.807, 2.05) is 24.3 Å². The van der Waals surface area contributed by atoms with Gasteiger partial charge in [0.25, 0.3) is 0 Å². The molecular weight excluding hydrogens is 279 g/mol. The summed E-state index contributed by atoms with van der Waals surface area (Å²) in [6.45, 7) is 0. The summed E-state index contributed by atoms with van der Waals surface area (Å²) >= 11 is 0. The topological polar surface area (TPSA) is 26.0 Å². The molecule has 0 unspecified atom stereocenters. The second kappa shape index (κ2) is 5.09. The molecule has 0 saturated heterocycles. The quantitative estimate of drug-likeness (QED) is 0.661. The minimum absolute atomic E-state index is 0.647. The fourth-order valence-corrected chi connectivity index (χ4v) is 2.04. The molecule has 0 amide bonds. The Hall–Kier alpha value is -2.56. The first-order chi connectivity index (χ1) is 10.0. The summed E-state index contributed by atoms with van der Waals surface area (Å²) in [7, 11) is 0. The van der Waals surface area contributed by atoms with Crippen molar-refractivity contribution in [3.8, 4) is 22.5 Å². The van der Waals surface area contributed by atoms with Crippen molar-refractivity contribution < 1.29 is 17.6 Å². The predicted octanol–water partition coefficient (Wildman–Crippen LogP) is 5.03. The molecule has 0 aliphatic rings. The Balaban J connectivity index is 1.87. The molecule has 106 valence electrons. The number of benzene rings is 2. The third-order valence-corrected chi connectivity index (χ3v) is 3.15. The van der Waals surface area contributed by atoms with Crippen LogP contribution >= 0.6 is 0 Å². The number of alkyl halides is 3. The highest BCUT2D eigenvalue weighted by molar-refractivity contribution is 5.68. The summed E-state index contributed by atoms with van der Waals surface area (Å²) in [5.74, 6) is 0.647. The highest BCUT2D eigenvalue weighted by Gasteiger charge is 2.29. The average molecular weight is 289 g/mol. The van der Waals surface area contributed by atoms with Crippen LogP contribution in [0.15, 0.2) is 65.5 Å². The first-order valence-corrected chi connectivity index (χ1v) is 6.20. The molecule has 1 heterocycles. The average Bonchev–Trinajstić information content (AvgIpc) is 3.01. The number of hydrogen-bond donors (Lipinski definition) is 0.